The predicted molar refractivity (Wildman–Crippen MR) is 51.2 cm³/mol. The van der Waals surface area contributed by atoms with Crippen LogP contribution in [-0.4, -0.2) is 18.8 Å². The van der Waals surface area contributed by atoms with E-state index in [2.05, 4.69) is 41.5 Å². The average molecular weight is 170 g/mol. The molecule has 1 rings (SSSR count). The summed E-state index contributed by atoms with van der Waals surface area (Å²) in [7, 11) is -0.0671. The highest BCUT2D eigenvalue weighted by Crippen LogP contribution is 2.38. The normalized spacial score (nSPS) is 29.5. The lowest BCUT2D eigenvalue weighted by molar-refractivity contribution is 0.0834. The van der Waals surface area contributed by atoms with Crippen molar-refractivity contribution >= 4 is 7.12 Å². The van der Waals surface area contributed by atoms with Crippen LogP contribution in [0.1, 0.15) is 41.5 Å². The van der Waals surface area contributed by atoms with Crippen LogP contribution in [0.25, 0.3) is 0 Å². The van der Waals surface area contributed by atoms with Gasteiger partial charge in [0, 0.05) is 0 Å². The molecule has 0 aliphatic carbocycles. The molecule has 0 spiro atoms. The Hall–Kier alpha value is -0.0151. The lowest BCUT2D eigenvalue weighted by Gasteiger charge is -2.23. The van der Waals surface area contributed by atoms with Crippen molar-refractivity contribution < 1.29 is 9.31 Å². The largest absolute Gasteiger partial charge is 0.463 e. The van der Waals surface area contributed by atoms with E-state index in [1.807, 2.05) is 0 Å². The second-order valence-corrected chi connectivity index (χ2v) is 5.20. The third kappa shape index (κ3) is 1.83. The van der Waals surface area contributed by atoms with Crippen molar-refractivity contribution in [2.24, 2.45) is 0 Å². The standard InChI is InChI=1S/C9H19BO2/c1-7-9(5,6)12-10(11-7)8(2,3)4/h7H,1-6H3. The minimum atomic E-state index is -0.141. The minimum Gasteiger partial charge on any atom is -0.405 e. The van der Waals surface area contributed by atoms with Gasteiger partial charge in [0.1, 0.15) is 0 Å². The zero-order valence-corrected chi connectivity index (χ0v) is 8.97. The molecule has 1 unspecified atom stereocenters. The smallest absolute Gasteiger partial charge is 0.405 e. The zero-order chi connectivity index (χ0) is 9.57. The Morgan fingerprint density at radius 1 is 1.25 bits per heavy atom. The first-order valence-corrected chi connectivity index (χ1v) is 4.57. The van der Waals surface area contributed by atoms with Crippen LogP contribution in [0.5, 0.6) is 0 Å². The Morgan fingerprint density at radius 3 is 1.92 bits per heavy atom. The van der Waals surface area contributed by atoms with Crippen molar-refractivity contribution in [2.75, 3.05) is 0 Å². The quantitative estimate of drug-likeness (QED) is 0.520. The highest BCUT2D eigenvalue weighted by molar-refractivity contribution is 6.49. The van der Waals surface area contributed by atoms with Crippen LogP contribution < -0.4 is 0 Å². The van der Waals surface area contributed by atoms with Crippen molar-refractivity contribution in [3.63, 3.8) is 0 Å². The lowest BCUT2D eigenvalue weighted by Crippen LogP contribution is -2.32. The molecule has 0 aromatic heterocycles. The molecule has 0 bridgehead atoms. The van der Waals surface area contributed by atoms with E-state index < -0.39 is 0 Å². The maximum absolute atomic E-state index is 5.80. The second kappa shape index (κ2) is 2.74. The van der Waals surface area contributed by atoms with Crippen molar-refractivity contribution in [3.05, 3.63) is 0 Å². The molecule has 1 fully saturated rings. The third-order valence-electron chi connectivity index (χ3n) is 2.42. The Labute approximate surface area is 75.8 Å². The van der Waals surface area contributed by atoms with Crippen molar-refractivity contribution in [1.29, 1.82) is 0 Å². The molecule has 1 aliphatic rings. The topological polar surface area (TPSA) is 18.5 Å². The van der Waals surface area contributed by atoms with Crippen LogP contribution in [0.4, 0.5) is 0 Å². The van der Waals surface area contributed by atoms with Crippen LogP contribution in [-0.2, 0) is 9.31 Å². The van der Waals surface area contributed by atoms with Crippen molar-refractivity contribution in [2.45, 2.75) is 58.6 Å². The van der Waals surface area contributed by atoms with Gasteiger partial charge in [0.25, 0.3) is 0 Å². The number of hydrogen-bond acceptors (Lipinski definition) is 2. The molecule has 70 valence electrons. The van der Waals surface area contributed by atoms with Crippen molar-refractivity contribution in [3.8, 4) is 0 Å². The summed E-state index contributed by atoms with van der Waals surface area (Å²) in [5, 5.41) is 0.0715. The monoisotopic (exact) mass is 170 g/mol. The van der Waals surface area contributed by atoms with Gasteiger partial charge in [-0.2, -0.15) is 0 Å². The van der Waals surface area contributed by atoms with Crippen LogP contribution in [0, 0.1) is 0 Å². The predicted octanol–water partition coefficient (Wildman–Crippen LogP) is 2.49. The molecule has 0 N–H and O–H groups in total. The Morgan fingerprint density at radius 2 is 1.75 bits per heavy atom. The first-order chi connectivity index (χ1) is 5.23. The summed E-state index contributed by atoms with van der Waals surface area (Å²) in [5.74, 6) is 0. The first kappa shape index (κ1) is 10.1. The van der Waals surface area contributed by atoms with E-state index >= 15 is 0 Å². The summed E-state index contributed by atoms with van der Waals surface area (Å²) in [6, 6.07) is 0. The second-order valence-electron chi connectivity index (χ2n) is 5.20. The minimum absolute atomic E-state index is 0.0671. The summed E-state index contributed by atoms with van der Waals surface area (Å²) in [6.07, 6.45) is 0.182. The van der Waals surface area contributed by atoms with Crippen LogP contribution in [0.3, 0.4) is 0 Å². The lowest BCUT2D eigenvalue weighted by atomic mass is 9.61. The molecule has 0 amide bonds. The number of hydrogen-bond donors (Lipinski definition) is 0. The molecule has 1 aliphatic heterocycles. The zero-order valence-electron chi connectivity index (χ0n) is 8.97. The van der Waals surface area contributed by atoms with Gasteiger partial charge in [-0.05, 0) is 26.1 Å². The van der Waals surface area contributed by atoms with E-state index in [-0.39, 0.29) is 24.1 Å². The highest BCUT2D eigenvalue weighted by atomic mass is 16.7. The van der Waals surface area contributed by atoms with E-state index in [0.717, 1.165) is 0 Å². The molecule has 0 aromatic carbocycles. The SMILES string of the molecule is CC1OB(C(C)(C)C)OC1(C)C. The van der Waals surface area contributed by atoms with Crippen LogP contribution in [0.15, 0.2) is 0 Å². The van der Waals surface area contributed by atoms with Crippen LogP contribution in [0.2, 0.25) is 5.31 Å². The van der Waals surface area contributed by atoms with E-state index in [1.165, 1.54) is 0 Å². The first-order valence-electron chi connectivity index (χ1n) is 4.57. The summed E-state index contributed by atoms with van der Waals surface area (Å²) in [4.78, 5) is 0. The number of rotatable bonds is 0. The average Bonchev–Trinajstić information content (AvgIpc) is 2.06. The Balaban J connectivity index is 2.67. The van der Waals surface area contributed by atoms with Gasteiger partial charge in [-0.25, -0.2) is 0 Å². The molecule has 3 heteroatoms. The van der Waals surface area contributed by atoms with Crippen LogP contribution >= 0.6 is 0 Å². The molecule has 1 saturated heterocycles. The van der Waals surface area contributed by atoms with Gasteiger partial charge in [0.2, 0.25) is 0 Å². The Kier molecular flexibility index (Phi) is 2.30. The fraction of sp³-hybridized carbons (Fsp3) is 1.00. The molecular formula is C9H19BO2. The molecule has 1 heterocycles. The summed E-state index contributed by atoms with van der Waals surface area (Å²) < 4.78 is 11.5. The molecule has 0 aromatic rings. The molecular weight excluding hydrogens is 151 g/mol. The molecule has 1 atom stereocenters. The van der Waals surface area contributed by atoms with Gasteiger partial charge >= 0.3 is 7.12 Å². The fourth-order valence-electron chi connectivity index (χ4n) is 1.13. The fourth-order valence-corrected chi connectivity index (χ4v) is 1.13. The van der Waals surface area contributed by atoms with Gasteiger partial charge in [-0.15, -0.1) is 0 Å². The summed E-state index contributed by atoms with van der Waals surface area (Å²) in [6.45, 7) is 12.6. The van der Waals surface area contributed by atoms with Crippen molar-refractivity contribution in [1.82, 2.24) is 0 Å². The van der Waals surface area contributed by atoms with Gasteiger partial charge in [-0.1, -0.05) is 20.8 Å². The third-order valence-corrected chi connectivity index (χ3v) is 2.42. The molecule has 2 nitrogen and oxygen atoms in total. The molecule has 0 radical (unpaired) electrons. The van der Waals surface area contributed by atoms with E-state index in [9.17, 15) is 0 Å². The van der Waals surface area contributed by atoms with Gasteiger partial charge in [-0.3, -0.25) is 0 Å². The van der Waals surface area contributed by atoms with E-state index in [0.29, 0.717) is 0 Å². The maximum Gasteiger partial charge on any atom is 0.463 e. The molecule has 0 saturated carbocycles. The summed E-state index contributed by atoms with van der Waals surface area (Å²) in [5.41, 5.74) is -0.141. The van der Waals surface area contributed by atoms with Gasteiger partial charge < -0.3 is 9.31 Å². The Bertz CT molecular complexity index is 172. The molecule has 12 heavy (non-hydrogen) atoms. The van der Waals surface area contributed by atoms with E-state index in [1.54, 1.807) is 0 Å². The van der Waals surface area contributed by atoms with Gasteiger partial charge in [0.05, 0.1) is 11.7 Å². The summed E-state index contributed by atoms with van der Waals surface area (Å²) >= 11 is 0. The maximum atomic E-state index is 5.80. The highest BCUT2D eigenvalue weighted by Gasteiger charge is 2.48. The van der Waals surface area contributed by atoms with E-state index in [4.69, 9.17) is 9.31 Å². The van der Waals surface area contributed by atoms with Gasteiger partial charge in [0.15, 0.2) is 0 Å².